The first-order chi connectivity index (χ1) is 11.8. The van der Waals surface area contributed by atoms with Gasteiger partial charge in [-0.25, -0.2) is 0 Å². The number of methoxy groups -OCH3 is 1. The number of ether oxygens (including phenoxy) is 2. The third-order valence-corrected chi connectivity index (χ3v) is 5.00. The lowest BCUT2D eigenvalue weighted by molar-refractivity contribution is 0.00578. The van der Waals surface area contributed by atoms with Crippen LogP contribution in [0.5, 0.6) is 11.5 Å². The Morgan fingerprint density at radius 2 is 1.40 bits per heavy atom. The monoisotopic (exact) mass is 340 g/mol. The van der Waals surface area contributed by atoms with Crippen LogP contribution in [0.2, 0.25) is 0 Å². The minimum Gasteiger partial charge on any atom is -0.496 e. The summed E-state index contributed by atoms with van der Waals surface area (Å²) in [7, 11) is 1.22. The molecule has 0 spiro atoms. The fraction of sp³-hybridized carbons (Fsp3) is 0.400. The van der Waals surface area contributed by atoms with Gasteiger partial charge in [-0.2, -0.15) is 0 Å². The predicted molar refractivity (Wildman–Crippen MR) is 99.5 cm³/mol. The molecule has 0 saturated carbocycles. The molecule has 2 aromatic rings. The highest BCUT2D eigenvalue weighted by molar-refractivity contribution is 6.63. The molecular weight excluding hydrogens is 315 g/mol. The molecule has 0 bridgehead atoms. The molecular formula is C20H25BO4. The van der Waals surface area contributed by atoms with Crippen molar-refractivity contribution < 1.29 is 18.8 Å². The van der Waals surface area contributed by atoms with E-state index in [4.69, 9.17) is 18.8 Å². The molecule has 0 amide bonds. The molecule has 5 heteroatoms. The number of benzene rings is 2. The van der Waals surface area contributed by atoms with E-state index in [-0.39, 0.29) is 11.2 Å². The van der Waals surface area contributed by atoms with Gasteiger partial charge in [0.25, 0.3) is 0 Å². The predicted octanol–water partition coefficient (Wildman–Crippen LogP) is 3.57. The Labute approximate surface area is 150 Å². The van der Waals surface area contributed by atoms with Crippen LogP contribution in [0, 0.1) is 0 Å². The third kappa shape index (κ3) is 3.53. The van der Waals surface area contributed by atoms with Gasteiger partial charge in [0.05, 0.1) is 18.3 Å². The molecule has 25 heavy (non-hydrogen) atoms. The van der Waals surface area contributed by atoms with Crippen LogP contribution < -0.4 is 14.9 Å². The molecule has 2 aromatic carbocycles. The van der Waals surface area contributed by atoms with E-state index < -0.39 is 7.12 Å². The van der Waals surface area contributed by atoms with Gasteiger partial charge in [0.2, 0.25) is 0 Å². The molecule has 0 atom stereocenters. The quantitative estimate of drug-likeness (QED) is 0.780. The molecule has 1 saturated heterocycles. The van der Waals surface area contributed by atoms with E-state index in [2.05, 4.69) is 0 Å². The van der Waals surface area contributed by atoms with Gasteiger partial charge in [-0.3, -0.25) is 0 Å². The van der Waals surface area contributed by atoms with Crippen molar-refractivity contribution in [2.24, 2.45) is 0 Å². The Morgan fingerprint density at radius 3 is 2.04 bits per heavy atom. The van der Waals surface area contributed by atoms with Gasteiger partial charge < -0.3 is 18.8 Å². The van der Waals surface area contributed by atoms with E-state index in [1.165, 1.54) is 0 Å². The van der Waals surface area contributed by atoms with Crippen LogP contribution in [0.25, 0.3) is 0 Å². The first kappa shape index (κ1) is 17.8. The standard InChI is InChI=1S/C20H25BO4/c1-19(2)20(3,4)25-21(24-19)16-11-7-9-13-18(16)23-14-15-10-6-8-12-17(15)22-5/h6-13H,14H2,1-5H3. The number of para-hydroxylation sites is 2. The van der Waals surface area contributed by atoms with Gasteiger partial charge in [0.1, 0.15) is 18.1 Å². The fourth-order valence-corrected chi connectivity index (χ4v) is 2.75. The SMILES string of the molecule is COc1ccccc1COc1ccccc1B1OC(C)(C)C(C)(C)O1. The highest BCUT2D eigenvalue weighted by Crippen LogP contribution is 2.37. The van der Waals surface area contributed by atoms with E-state index in [1.807, 2.05) is 76.2 Å². The summed E-state index contributed by atoms with van der Waals surface area (Å²) in [5.74, 6) is 1.57. The molecule has 1 heterocycles. The normalized spacial score (nSPS) is 18.2. The smallest absolute Gasteiger partial charge is 0.496 e. The molecule has 0 aliphatic carbocycles. The van der Waals surface area contributed by atoms with Gasteiger partial charge in [0.15, 0.2) is 0 Å². The van der Waals surface area contributed by atoms with Crippen molar-refractivity contribution in [3.05, 3.63) is 54.1 Å². The fourth-order valence-electron chi connectivity index (χ4n) is 2.75. The minimum atomic E-state index is -0.445. The summed E-state index contributed by atoms with van der Waals surface area (Å²) in [6, 6.07) is 15.7. The lowest BCUT2D eigenvalue weighted by atomic mass is 9.78. The molecule has 132 valence electrons. The Balaban J connectivity index is 1.81. The van der Waals surface area contributed by atoms with Gasteiger partial charge in [-0.1, -0.05) is 36.4 Å². The first-order valence-electron chi connectivity index (χ1n) is 8.53. The highest BCUT2D eigenvalue weighted by atomic mass is 16.7. The third-order valence-electron chi connectivity index (χ3n) is 5.00. The van der Waals surface area contributed by atoms with Gasteiger partial charge in [-0.05, 0) is 39.8 Å². The van der Waals surface area contributed by atoms with Crippen molar-refractivity contribution in [3.8, 4) is 11.5 Å². The zero-order valence-electron chi connectivity index (χ0n) is 15.5. The molecule has 1 aliphatic rings. The maximum atomic E-state index is 6.16. The second-order valence-electron chi connectivity index (χ2n) is 7.23. The van der Waals surface area contributed by atoms with Crippen molar-refractivity contribution in [3.63, 3.8) is 0 Å². The Hall–Kier alpha value is -1.98. The average Bonchev–Trinajstić information content (AvgIpc) is 2.81. The summed E-state index contributed by atoms with van der Waals surface area (Å²) < 4.78 is 23.8. The summed E-state index contributed by atoms with van der Waals surface area (Å²) in [6.07, 6.45) is 0. The summed E-state index contributed by atoms with van der Waals surface area (Å²) in [5.41, 5.74) is 1.13. The molecule has 3 rings (SSSR count). The van der Waals surface area contributed by atoms with Gasteiger partial charge in [-0.15, -0.1) is 0 Å². The second-order valence-corrected chi connectivity index (χ2v) is 7.23. The number of hydrogen-bond acceptors (Lipinski definition) is 4. The maximum absolute atomic E-state index is 6.16. The molecule has 1 aliphatic heterocycles. The van der Waals surface area contributed by atoms with E-state index in [9.17, 15) is 0 Å². The van der Waals surface area contributed by atoms with E-state index in [0.717, 1.165) is 22.5 Å². The van der Waals surface area contributed by atoms with Crippen LogP contribution in [-0.4, -0.2) is 25.4 Å². The molecule has 0 unspecified atom stereocenters. The number of rotatable bonds is 5. The maximum Gasteiger partial charge on any atom is 0.498 e. The molecule has 0 aromatic heterocycles. The minimum absolute atomic E-state index is 0.382. The van der Waals surface area contributed by atoms with E-state index in [0.29, 0.717) is 6.61 Å². The van der Waals surface area contributed by atoms with Crippen molar-refractivity contribution >= 4 is 12.6 Å². The number of hydrogen-bond donors (Lipinski definition) is 0. The first-order valence-corrected chi connectivity index (χ1v) is 8.53. The summed E-state index contributed by atoms with van der Waals surface area (Å²) >= 11 is 0. The van der Waals surface area contributed by atoms with Crippen LogP contribution in [0.3, 0.4) is 0 Å². The van der Waals surface area contributed by atoms with Gasteiger partial charge in [0, 0.05) is 11.0 Å². The van der Waals surface area contributed by atoms with E-state index >= 15 is 0 Å². The lowest BCUT2D eigenvalue weighted by Gasteiger charge is -2.32. The largest absolute Gasteiger partial charge is 0.498 e. The van der Waals surface area contributed by atoms with Crippen LogP contribution in [0.15, 0.2) is 48.5 Å². The van der Waals surface area contributed by atoms with Crippen LogP contribution in [0.4, 0.5) is 0 Å². The van der Waals surface area contributed by atoms with Crippen molar-refractivity contribution in [2.75, 3.05) is 7.11 Å². The summed E-state index contributed by atoms with van der Waals surface area (Å²) in [4.78, 5) is 0. The Morgan fingerprint density at radius 1 is 0.840 bits per heavy atom. The average molecular weight is 340 g/mol. The van der Waals surface area contributed by atoms with Crippen molar-refractivity contribution in [1.29, 1.82) is 0 Å². The van der Waals surface area contributed by atoms with Crippen LogP contribution in [0.1, 0.15) is 33.3 Å². The van der Waals surface area contributed by atoms with Crippen molar-refractivity contribution in [2.45, 2.75) is 45.5 Å². The molecule has 0 radical (unpaired) electrons. The van der Waals surface area contributed by atoms with E-state index in [1.54, 1.807) is 7.11 Å². The lowest BCUT2D eigenvalue weighted by Crippen LogP contribution is -2.41. The second kappa shape index (κ2) is 6.73. The Bertz CT molecular complexity index is 726. The van der Waals surface area contributed by atoms with Crippen molar-refractivity contribution in [1.82, 2.24) is 0 Å². The Kier molecular flexibility index (Phi) is 4.80. The summed E-state index contributed by atoms with van der Waals surface area (Å²) in [6.45, 7) is 8.60. The van der Waals surface area contributed by atoms with Gasteiger partial charge >= 0.3 is 7.12 Å². The molecule has 1 fully saturated rings. The molecule has 0 N–H and O–H groups in total. The highest BCUT2D eigenvalue weighted by Gasteiger charge is 2.52. The zero-order valence-corrected chi connectivity index (χ0v) is 15.5. The van der Waals surface area contributed by atoms with Crippen LogP contribution in [-0.2, 0) is 15.9 Å². The summed E-state index contributed by atoms with van der Waals surface area (Å²) in [5, 5.41) is 0. The topological polar surface area (TPSA) is 36.9 Å². The van der Waals surface area contributed by atoms with Crippen LogP contribution >= 0.6 is 0 Å². The molecule has 4 nitrogen and oxygen atoms in total. The zero-order chi connectivity index (χ0) is 18.1.